The molecule has 0 unspecified atom stereocenters. The minimum atomic E-state index is 0.141. The largest absolute Gasteiger partial charge is 0.274 e. The summed E-state index contributed by atoms with van der Waals surface area (Å²) >= 11 is 5.96. The van der Waals surface area contributed by atoms with Crippen LogP contribution in [0, 0.1) is 0 Å². The van der Waals surface area contributed by atoms with E-state index < -0.39 is 0 Å². The molecule has 0 aromatic carbocycles. The Balaban J connectivity index is 2.00. The highest BCUT2D eigenvalue weighted by Crippen LogP contribution is 2.17. The lowest BCUT2D eigenvalue weighted by Gasteiger charge is -2.02. The van der Waals surface area contributed by atoms with Gasteiger partial charge in [-0.25, -0.2) is 4.98 Å². The molecule has 0 bridgehead atoms. The van der Waals surface area contributed by atoms with Crippen molar-refractivity contribution in [2.75, 3.05) is 0 Å². The van der Waals surface area contributed by atoms with E-state index in [9.17, 15) is 0 Å². The summed E-state index contributed by atoms with van der Waals surface area (Å²) in [5.41, 5.74) is 0.809. The lowest BCUT2D eigenvalue weighted by molar-refractivity contribution is 0.603. The molecule has 0 aliphatic rings. The zero-order valence-electron chi connectivity index (χ0n) is 10.8. The molecule has 7 nitrogen and oxygen atoms in total. The Morgan fingerprint density at radius 1 is 1.25 bits per heavy atom. The number of halogens is 1. The third-order valence-electron chi connectivity index (χ3n) is 2.68. The van der Waals surface area contributed by atoms with Crippen LogP contribution >= 0.6 is 11.6 Å². The fourth-order valence-electron chi connectivity index (χ4n) is 1.79. The summed E-state index contributed by atoms with van der Waals surface area (Å²) in [6, 6.07) is 0. The molecule has 0 spiro atoms. The minimum Gasteiger partial charge on any atom is -0.274 e. The summed E-state index contributed by atoms with van der Waals surface area (Å²) in [5, 5.41) is 4.40. The first kappa shape index (κ1) is 12.7. The van der Waals surface area contributed by atoms with Crippen LogP contribution in [0.3, 0.4) is 0 Å². The molecule has 0 amide bonds. The maximum Gasteiger partial charge on any atom is 0.239 e. The molecule has 0 aliphatic heterocycles. The molecule has 0 atom stereocenters. The normalized spacial score (nSPS) is 10.9. The average molecular weight is 290 g/mol. The maximum absolute atomic E-state index is 5.96. The average Bonchev–Trinajstić information content (AvgIpc) is 3.09. The number of imidazole rings is 1. The van der Waals surface area contributed by atoms with E-state index in [1.807, 2.05) is 10.9 Å². The smallest absolute Gasteiger partial charge is 0.239 e. The van der Waals surface area contributed by atoms with Crippen LogP contribution in [0.2, 0.25) is 5.28 Å². The third-order valence-corrected chi connectivity index (χ3v) is 2.84. The summed E-state index contributed by atoms with van der Waals surface area (Å²) in [4.78, 5) is 16.6. The Kier molecular flexibility index (Phi) is 3.42. The van der Waals surface area contributed by atoms with E-state index in [2.05, 4.69) is 32.0 Å². The second kappa shape index (κ2) is 5.38. The Hall–Kier alpha value is -2.28. The van der Waals surface area contributed by atoms with E-state index in [0.29, 0.717) is 11.8 Å². The Morgan fingerprint density at radius 2 is 2.15 bits per heavy atom. The SMILES string of the molecule is CCCn1cc(-c2nc(Cl)nc(-n3ccnc3)n2)cn1. The first-order chi connectivity index (χ1) is 9.76. The molecule has 102 valence electrons. The summed E-state index contributed by atoms with van der Waals surface area (Å²) in [5.74, 6) is 0.928. The van der Waals surface area contributed by atoms with Crippen molar-refractivity contribution < 1.29 is 0 Å². The van der Waals surface area contributed by atoms with Crippen molar-refractivity contribution in [3.63, 3.8) is 0 Å². The van der Waals surface area contributed by atoms with Crippen molar-refractivity contribution in [1.29, 1.82) is 0 Å². The Labute approximate surface area is 120 Å². The summed E-state index contributed by atoms with van der Waals surface area (Å²) in [7, 11) is 0. The molecule has 3 aromatic rings. The van der Waals surface area contributed by atoms with Crippen LogP contribution in [0.5, 0.6) is 0 Å². The topological polar surface area (TPSA) is 74.3 Å². The van der Waals surface area contributed by atoms with Gasteiger partial charge in [0.1, 0.15) is 6.33 Å². The van der Waals surface area contributed by atoms with Gasteiger partial charge in [-0.1, -0.05) is 6.92 Å². The number of hydrogen-bond acceptors (Lipinski definition) is 5. The van der Waals surface area contributed by atoms with Gasteiger partial charge in [-0.05, 0) is 18.0 Å². The van der Waals surface area contributed by atoms with Gasteiger partial charge >= 0.3 is 0 Å². The maximum atomic E-state index is 5.96. The molecule has 0 saturated heterocycles. The van der Waals surface area contributed by atoms with Crippen LogP contribution in [0.25, 0.3) is 17.3 Å². The van der Waals surface area contributed by atoms with E-state index in [1.165, 1.54) is 0 Å². The van der Waals surface area contributed by atoms with Crippen LogP contribution < -0.4 is 0 Å². The zero-order valence-corrected chi connectivity index (χ0v) is 11.6. The van der Waals surface area contributed by atoms with Gasteiger partial charge in [0.05, 0.1) is 11.8 Å². The molecule has 0 N–H and O–H groups in total. The molecule has 3 rings (SSSR count). The van der Waals surface area contributed by atoms with Crippen molar-refractivity contribution in [2.45, 2.75) is 19.9 Å². The van der Waals surface area contributed by atoms with Gasteiger partial charge in [-0.2, -0.15) is 20.1 Å². The molecule has 20 heavy (non-hydrogen) atoms. The fourth-order valence-corrected chi connectivity index (χ4v) is 1.95. The highest BCUT2D eigenvalue weighted by Gasteiger charge is 2.10. The van der Waals surface area contributed by atoms with E-state index in [0.717, 1.165) is 18.5 Å². The monoisotopic (exact) mass is 289 g/mol. The van der Waals surface area contributed by atoms with Crippen molar-refractivity contribution in [2.24, 2.45) is 0 Å². The minimum absolute atomic E-state index is 0.141. The van der Waals surface area contributed by atoms with Gasteiger partial charge in [0.25, 0.3) is 0 Å². The molecule has 3 aromatic heterocycles. The highest BCUT2D eigenvalue weighted by molar-refractivity contribution is 6.28. The van der Waals surface area contributed by atoms with Crippen LogP contribution in [0.15, 0.2) is 31.1 Å². The molecule has 0 saturated carbocycles. The molecule has 0 aliphatic carbocycles. The van der Waals surface area contributed by atoms with Crippen molar-refractivity contribution >= 4 is 11.6 Å². The number of aryl methyl sites for hydroxylation is 1. The van der Waals surface area contributed by atoms with Crippen molar-refractivity contribution in [3.05, 3.63) is 36.4 Å². The van der Waals surface area contributed by atoms with Gasteiger partial charge in [-0.3, -0.25) is 9.25 Å². The number of nitrogens with zero attached hydrogens (tertiary/aromatic N) is 7. The second-order valence-corrected chi connectivity index (χ2v) is 4.53. The Morgan fingerprint density at radius 3 is 2.90 bits per heavy atom. The van der Waals surface area contributed by atoms with E-state index in [4.69, 9.17) is 11.6 Å². The summed E-state index contributed by atoms with van der Waals surface area (Å²) < 4.78 is 3.53. The zero-order chi connectivity index (χ0) is 13.9. The first-order valence-electron chi connectivity index (χ1n) is 6.19. The standard InChI is InChI=1S/C12H12ClN7/c1-2-4-20-7-9(6-15-20)10-16-11(13)18-12(17-10)19-5-3-14-8-19/h3,5-8H,2,4H2,1H3. The van der Waals surface area contributed by atoms with E-state index in [1.54, 1.807) is 29.5 Å². The predicted molar refractivity (Wildman–Crippen MR) is 73.5 cm³/mol. The molecular weight excluding hydrogens is 278 g/mol. The Bertz CT molecular complexity index is 704. The lowest BCUT2D eigenvalue weighted by Crippen LogP contribution is -2.02. The number of aromatic nitrogens is 7. The first-order valence-corrected chi connectivity index (χ1v) is 6.57. The summed E-state index contributed by atoms with van der Waals surface area (Å²) in [6.07, 6.45) is 9.63. The van der Waals surface area contributed by atoms with Crippen molar-refractivity contribution in [3.8, 4) is 17.3 Å². The van der Waals surface area contributed by atoms with Gasteiger partial charge in [0.15, 0.2) is 5.82 Å². The third kappa shape index (κ3) is 2.53. The highest BCUT2D eigenvalue weighted by atomic mass is 35.5. The predicted octanol–water partition coefficient (Wildman–Crippen LogP) is 1.98. The molecule has 3 heterocycles. The number of rotatable bonds is 4. The van der Waals surface area contributed by atoms with Crippen LogP contribution in [0.4, 0.5) is 0 Å². The van der Waals surface area contributed by atoms with Gasteiger partial charge in [0, 0.05) is 25.1 Å². The van der Waals surface area contributed by atoms with Crippen molar-refractivity contribution in [1.82, 2.24) is 34.3 Å². The quantitative estimate of drug-likeness (QED) is 0.734. The summed E-state index contributed by atoms with van der Waals surface area (Å²) in [6.45, 7) is 2.95. The number of hydrogen-bond donors (Lipinski definition) is 0. The van der Waals surface area contributed by atoms with Crippen LogP contribution in [0.1, 0.15) is 13.3 Å². The lowest BCUT2D eigenvalue weighted by atomic mass is 10.3. The van der Waals surface area contributed by atoms with E-state index in [-0.39, 0.29) is 5.28 Å². The van der Waals surface area contributed by atoms with Crippen LogP contribution in [-0.2, 0) is 6.54 Å². The molecule has 0 radical (unpaired) electrons. The van der Waals surface area contributed by atoms with E-state index >= 15 is 0 Å². The van der Waals surface area contributed by atoms with Gasteiger partial charge in [-0.15, -0.1) is 0 Å². The van der Waals surface area contributed by atoms with Crippen LogP contribution in [-0.4, -0.2) is 34.3 Å². The van der Waals surface area contributed by atoms with Gasteiger partial charge in [0.2, 0.25) is 11.2 Å². The molecule has 0 fully saturated rings. The van der Waals surface area contributed by atoms with Gasteiger partial charge < -0.3 is 0 Å². The fraction of sp³-hybridized carbons (Fsp3) is 0.250. The second-order valence-electron chi connectivity index (χ2n) is 4.19. The molecular formula is C12H12ClN7. The molecule has 8 heteroatoms.